The van der Waals surface area contributed by atoms with Crippen molar-refractivity contribution in [2.45, 2.75) is 44.4 Å². The Morgan fingerprint density at radius 2 is 2.00 bits per heavy atom. The lowest BCUT2D eigenvalue weighted by molar-refractivity contribution is 0.0982. The van der Waals surface area contributed by atoms with Gasteiger partial charge in [-0.25, -0.2) is 22.0 Å². The van der Waals surface area contributed by atoms with Crippen molar-refractivity contribution >= 4 is 27.1 Å². The van der Waals surface area contributed by atoms with Crippen molar-refractivity contribution in [1.82, 2.24) is 14.3 Å². The number of methoxy groups -OCH3 is 1. The normalized spacial score (nSPS) is 16.5. The fourth-order valence-electron chi connectivity index (χ4n) is 4.16. The number of halogens is 1. The molecule has 194 valence electrons. The van der Waals surface area contributed by atoms with Gasteiger partial charge in [0.1, 0.15) is 18.2 Å². The van der Waals surface area contributed by atoms with Gasteiger partial charge >= 0.3 is 0 Å². The topological polar surface area (TPSA) is 102 Å². The number of fused-ring (bicyclic) bond motifs is 1. The van der Waals surface area contributed by atoms with Crippen LogP contribution in [0.5, 0.6) is 5.75 Å². The third-order valence-corrected chi connectivity index (χ3v) is 8.32. The number of carbonyl (C=O) groups is 1. The van der Waals surface area contributed by atoms with E-state index in [1.54, 1.807) is 31.5 Å². The van der Waals surface area contributed by atoms with Crippen LogP contribution in [0.25, 0.3) is 5.52 Å². The molecular formula is C25H31FN4O5S. The summed E-state index contributed by atoms with van der Waals surface area (Å²) in [5.74, 6) is -0.494. The first-order valence-corrected chi connectivity index (χ1v) is 13.2. The van der Waals surface area contributed by atoms with Crippen LogP contribution in [0.2, 0.25) is 0 Å². The Balaban J connectivity index is 1.64. The average molecular weight is 519 g/mol. The molecule has 2 aromatic heterocycles. The van der Waals surface area contributed by atoms with Crippen LogP contribution in [0.15, 0.2) is 42.7 Å². The molecule has 9 nitrogen and oxygen atoms in total. The molecule has 1 fully saturated rings. The molecule has 1 aliphatic heterocycles. The van der Waals surface area contributed by atoms with E-state index in [1.165, 1.54) is 37.5 Å². The highest BCUT2D eigenvalue weighted by molar-refractivity contribution is 7.91. The number of hydrogen-bond donors (Lipinski definition) is 1. The zero-order chi connectivity index (χ0) is 26.1. The second kappa shape index (κ2) is 10.1. The standard InChI is InChI=1S/C25H31FN4O5S/c1-25(2,3)36(32,33)28-24(31)20-16-27-30-11-9-17(14-23(20)30)29-10-5-6-22(29)19-15-18(7-8-21(19)26)35-13-12-34-4/h7-9,11,14-16,22H,5-6,10,12-13H2,1-4H3,(H,28,31)/t22-/m1/s1. The van der Waals surface area contributed by atoms with E-state index in [2.05, 4.69) is 14.7 Å². The molecule has 36 heavy (non-hydrogen) atoms. The molecule has 0 aliphatic carbocycles. The second-order valence-corrected chi connectivity index (χ2v) is 12.1. The lowest BCUT2D eigenvalue weighted by atomic mass is 10.0. The Labute approximate surface area is 210 Å². The minimum absolute atomic E-state index is 0.139. The van der Waals surface area contributed by atoms with Gasteiger partial charge in [0, 0.05) is 31.1 Å². The lowest BCUT2D eigenvalue weighted by Gasteiger charge is -2.28. The van der Waals surface area contributed by atoms with Gasteiger partial charge in [-0.05, 0) is 63.9 Å². The third-order valence-electron chi connectivity index (χ3n) is 6.25. The Morgan fingerprint density at radius 3 is 2.72 bits per heavy atom. The molecule has 3 heterocycles. The Bertz CT molecular complexity index is 1370. The van der Waals surface area contributed by atoms with E-state index in [1.807, 2.05) is 6.07 Å². The van der Waals surface area contributed by atoms with Crippen LogP contribution >= 0.6 is 0 Å². The van der Waals surface area contributed by atoms with Gasteiger partial charge in [-0.2, -0.15) is 5.10 Å². The predicted molar refractivity (Wildman–Crippen MR) is 134 cm³/mol. The number of nitrogens with one attached hydrogen (secondary N) is 1. The molecule has 3 aromatic rings. The van der Waals surface area contributed by atoms with E-state index in [0.717, 1.165) is 18.5 Å². The van der Waals surface area contributed by atoms with Crippen molar-refractivity contribution in [3.8, 4) is 5.75 Å². The van der Waals surface area contributed by atoms with Crippen molar-refractivity contribution in [3.63, 3.8) is 0 Å². The summed E-state index contributed by atoms with van der Waals surface area (Å²) >= 11 is 0. The number of hydrogen-bond acceptors (Lipinski definition) is 7. The average Bonchev–Trinajstić information content (AvgIpc) is 3.46. The lowest BCUT2D eigenvalue weighted by Crippen LogP contribution is -2.42. The number of pyridine rings is 1. The van der Waals surface area contributed by atoms with Crippen molar-refractivity contribution in [2.24, 2.45) is 0 Å². The van der Waals surface area contributed by atoms with Crippen molar-refractivity contribution < 1.29 is 27.1 Å². The molecule has 1 atom stereocenters. The molecule has 1 saturated heterocycles. The van der Waals surface area contributed by atoms with E-state index in [0.29, 0.717) is 36.6 Å². The van der Waals surface area contributed by atoms with Crippen LogP contribution in [0.1, 0.15) is 55.6 Å². The van der Waals surface area contributed by atoms with Gasteiger partial charge in [0.05, 0.1) is 34.7 Å². The van der Waals surface area contributed by atoms with Crippen LogP contribution in [0, 0.1) is 5.82 Å². The van der Waals surface area contributed by atoms with Gasteiger partial charge in [-0.3, -0.25) is 4.79 Å². The number of sulfonamides is 1. The molecule has 11 heteroatoms. The summed E-state index contributed by atoms with van der Waals surface area (Å²) in [7, 11) is -2.30. The maximum atomic E-state index is 14.9. The van der Waals surface area contributed by atoms with Gasteiger partial charge in [-0.15, -0.1) is 0 Å². The molecule has 1 aliphatic rings. The molecule has 0 unspecified atom stereocenters. The number of nitrogens with zero attached hydrogens (tertiary/aromatic N) is 3. The summed E-state index contributed by atoms with van der Waals surface area (Å²) in [5.41, 5.74) is 1.91. The number of aromatic nitrogens is 2. The van der Waals surface area contributed by atoms with Crippen LogP contribution in [-0.4, -0.2) is 55.6 Å². The Hall–Kier alpha value is -3.18. The molecule has 1 aromatic carbocycles. The highest BCUT2D eigenvalue weighted by atomic mass is 32.2. The first-order chi connectivity index (χ1) is 17.0. The first kappa shape index (κ1) is 25.9. The summed E-state index contributed by atoms with van der Waals surface area (Å²) < 4.78 is 53.1. The molecule has 4 rings (SSSR count). The first-order valence-electron chi connectivity index (χ1n) is 11.7. The van der Waals surface area contributed by atoms with Crippen molar-refractivity contribution in [1.29, 1.82) is 0 Å². The minimum atomic E-state index is -3.89. The predicted octanol–water partition coefficient (Wildman–Crippen LogP) is 3.70. The molecule has 0 saturated carbocycles. The maximum absolute atomic E-state index is 14.9. The summed E-state index contributed by atoms with van der Waals surface area (Å²) in [6, 6.07) is 8.14. The van der Waals surface area contributed by atoms with E-state index in [9.17, 15) is 17.6 Å². The highest BCUT2D eigenvalue weighted by Crippen LogP contribution is 2.39. The molecule has 0 radical (unpaired) electrons. The van der Waals surface area contributed by atoms with Crippen LogP contribution in [-0.2, 0) is 14.8 Å². The molecule has 1 amide bonds. The number of anilines is 1. The largest absolute Gasteiger partial charge is 0.491 e. The quantitative estimate of drug-likeness (QED) is 0.454. The van der Waals surface area contributed by atoms with Gasteiger partial charge < -0.3 is 14.4 Å². The number of benzene rings is 1. The Morgan fingerprint density at radius 1 is 1.22 bits per heavy atom. The minimum Gasteiger partial charge on any atom is -0.491 e. The van der Waals surface area contributed by atoms with E-state index >= 15 is 0 Å². The van der Waals surface area contributed by atoms with Gasteiger partial charge in [0.25, 0.3) is 5.91 Å². The number of ether oxygens (including phenoxy) is 2. The fraction of sp³-hybridized carbons (Fsp3) is 0.440. The third kappa shape index (κ3) is 5.17. The molecule has 0 spiro atoms. The highest BCUT2D eigenvalue weighted by Gasteiger charge is 2.32. The molecule has 0 bridgehead atoms. The SMILES string of the molecule is COCCOc1ccc(F)c([C@H]2CCCN2c2ccn3ncc(C(=O)NS(=O)(=O)C(C)(C)C)c3c2)c1. The summed E-state index contributed by atoms with van der Waals surface area (Å²) in [6.07, 6.45) is 4.66. The Kier molecular flexibility index (Phi) is 7.24. The van der Waals surface area contributed by atoms with E-state index in [-0.39, 0.29) is 17.4 Å². The van der Waals surface area contributed by atoms with Crippen LogP contribution in [0.3, 0.4) is 0 Å². The zero-order valence-electron chi connectivity index (χ0n) is 20.8. The number of carbonyl (C=O) groups excluding carboxylic acids is 1. The summed E-state index contributed by atoms with van der Waals surface area (Å²) in [5, 5.41) is 4.19. The van der Waals surface area contributed by atoms with Gasteiger partial charge in [-0.1, -0.05) is 0 Å². The van der Waals surface area contributed by atoms with Crippen molar-refractivity contribution in [3.05, 3.63) is 59.7 Å². The monoisotopic (exact) mass is 518 g/mol. The summed E-state index contributed by atoms with van der Waals surface area (Å²) in [4.78, 5) is 14.9. The maximum Gasteiger partial charge on any atom is 0.268 e. The number of amides is 1. The smallest absolute Gasteiger partial charge is 0.268 e. The second-order valence-electron chi connectivity index (χ2n) is 9.70. The van der Waals surface area contributed by atoms with Gasteiger partial charge in [0.15, 0.2) is 0 Å². The van der Waals surface area contributed by atoms with Crippen molar-refractivity contribution in [2.75, 3.05) is 31.8 Å². The summed E-state index contributed by atoms with van der Waals surface area (Å²) in [6.45, 7) is 6.04. The van der Waals surface area contributed by atoms with Crippen LogP contribution in [0.4, 0.5) is 10.1 Å². The van der Waals surface area contributed by atoms with Crippen LogP contribution < -0.4 is 14.4 Å². The van der Waals surface area contributed by atoms with E-state index < -0.39 is 20.7 Å². The van der Waals surface area contributed by atoms with E-state index in [4.69, 9.17) is 9.47 Å². The molecule has 1 N–H and O–H groups in total. The van der Waals surface area contributed by atoms with Gasteiger partial charge in [0.2, 0.25) is 10.0 Å². The zero-order valence-corrected chi connectivity index (χ0v) is 21.6. The fourth-order valence-corrected chi connectivity index (χ4v) is 4.82. The molecular weight excluding hydrogens is 487 g/mol. The number of rotatable bonds is 8.